The lowest BCUT2D eigenvalue weighted by Gasteiger charge is -2.08. The van der Waals surface area contributed by atoms with E-state index in [2.05, 4.69) is 0 Å². The Labute approximate surface area is 92.8 Å². The third-order valence-corrected chi connectivity index (χ3v) is 2.10. The normalized spacial score (nSPS) is 9.81. The van der Waals surface area contributed by atoms with Crippen molar-refractivity contribution in [3.63, 3.8) is 0 Å². The van der Waals surface area contributed by atoms with Crippen LogP contribution in [0.25, 0.3) is 0 Å². The van der Waals surface area contributed by atoms with Crippen LogP contribution in [-0.4, -0.2) is 23.9 Å². The van der Waals surface area contributed by atoms with Crippen LogP contribution in [0.5, 0.6) is 11.5 Å². The molecular weight excluding hydrogens is 210 g/mol. The van der Waals surface area contributed by atoms with Crippen molar-refractivity contribution in [2.75, 3.05) is 7.11 Å². The second-order valence-electron chi connectivity index (χ2n) is 3.24. The number of nitrogens with two attached hydrogens (primary N) is 1. The zero-order valence-electron chi connectivity index (χ0n) is 8.90. The molecular formula is C11H13NO4. The number of carbonyl (C=O) groups is 2. The summed E-state index contributed by atoms with van der Waals surface area (Å²) in [6.45, 7) is 0. The van der Waals surface area contributed by atoms with Crippen molar-refractivity contribution in [3.8, 4) is 11.5 Å². The Morgan fingerprint density at radius 1 is 1.38 bits per heavy atom. The number of carbonyl (C=O) groups excluding carboxylic acids is 2. The molecule has 0 bridgehead atoms. The van der Waals surface area contributed by atoms with E-state index < -0.39 is 5.91 Å². The first kappa shape index (κ1) is 12.0. The summed E-state index contributed by atoms with van der Waals surface area (Å²) in [5.41, 5.74) is 5.03. The molecule has 16 heavy (non-hydrogen) atoms. The Balaban J connectivity index is 2.93. The van der Waals surface area contributed by atoms with E-state index in [4.69, 9.17) is 10.5 Å². The van der Waals surface area contributed by atoms with Crippen LogP contribution in [-0.2, 0) is 4.79 Å². The van der Waals surface area contributed by atoms with Gasteiger partial charge in [-0.3, -0.25) is 9.59 Å². The molecule has 0 aliphatic carbocycles. The van der Waals surface area contributed by atoms with E-state index in [1.165, 1.54) is 13.2 Å². The summed E-state index contributed by atoms with van der Waals surface area (Å²) in [6.07, 6.45) is -0.0837. The Morgan fingerprint density at radius 2 is 2.06 bits per heavy atom. The number of amides is 1. The van der Waals surface area contributed by atoms with Gasteiger partial charge in [0.2, 0.25) is 5.91 Å². The molecule has 0 aromatic heterocycles. The minimum absolute atomic E-state index is 0.0384. The standard InChI is InChI=1S/C11H13NO4/c1-16-9-4-2-3-7(13)11(9)8(14)5-6-10(12)15/h2-4,13H,5-6H2,1H3,(H2,12,15). The Hall–Kier alpha value is -2.04. The van der Waals surface area contributed by atoms with Crippen LogP contribution in [0.4, 0.5) is 0 Å². The molecule has 5 heteroatoms. The van der Waals surface area contributed by atoms with E-state index in [9.17, 15) is 14.7 Å². The van der Waals surface area contributed by atoms with Gasteiger partial charge < -0.3 is 15.6 Å². The Bertz CT molecular complexity index is 414. The summed E-state index contributed by atoms with van der Waals surface area (Å²) < 4.78 is 4.96. The number of phenols is 1. The van der Waals surface area contributed by atoms with Gasteiger partial charge in [0.1, 0.15) is 17.1 Å². The lowest BCUT2D eigenvalue weighted by molar-refractivity contribution is -0.118. The first-order chi connectivity index (χ1) is 7.56. The number of aromatic hydroxyl groups is 1. The SMILES string of the molecule is COc1cccc(O)c1C(=O)CCC(N)=O. The van der Waals surface area contributed by atoms with Crippen LogP contribution in [0.15, 0.2) is 18.2 Å². The molecule has 1 amide bonds. The monoisotopic (exact) mass is 223 g/mol. The van der Waals surface area contributed by atoms with E-state index in [0.717, 1.165) is 0 Å². The molecule has 0 radical (unpaired) electrons. The van der Waals surface area contributed by atoms with Gasteiger partial charge in [-0.2, -0.15) is 0 Å². The van der Waals surface area contributed by atoms with Crippen molar-refractivity contribution in [2.45, 2.75) is 12.8 Å². The van der Waals surface area contributed by atoms with Gasteiger partial charge in [-0.1, -0.05) is 6.07 Å². The molecule has 1 aromatic rings. The lowest BCUT2D eigenvalue weighted by Crippen LogP contribution is -2.13. The fourth-order valence-electron chi connectivity index (χ4n) is 1.33. The van der Waals surface area contributed by atoms with Crippen LogP contribution in [0.1, 0.15) is 23.2 Å². The van der Waals surface area contributed by atoms with Crippen LogP contribution in [0.2, 0.25) is 0 Å². The summed E-state index contributed by atoms with van der Waals surface area (Å²) in [5.74, 6) is -0.792. The van der Waals surface area contributed by atoms with Gasteiger partial charge in [0.05, 0.1) is 7.11 Å². The van der Waals surface area contributed by atoms with Gasteiger partial charge >= 0.3 is 0 Å². The zero-order valence-corrected chi connectivity index (χ0v) is 8.90. The van der Waals surface area contributed by atoms with Gasteiger partial charge in [-0.15, -0.1) is 0 Å². The van der Waals surface area contributed by atoms with Gasteiger partial charge in [0.25, 0.3) is 0 Å². The number of primary amides is 1. The maximum atomic E-state index is 11.7. The highest BCUT2D eigenvalue weighted by Gasteiger charge is 2.17. The number of ketones is 1. The first-order valence-electron chi connectivity index (χ1n) is 4.73. The molecule has 5 nitrogen and oxygen atoms in total. The molecule has 3 N–H and O–H groups in total. The van der Waals surface area contributed by atoms with Gasteiger partial charge in [0, 0.05) is 12.8 Å². The highest BCUT2D eigenvalue weighted by molar-refractivity contribution is 6.02. The minimum atomic E-state index is -0.553. The number of Topliss-reactive ketones (excluding diaryl/α,β-unsaturated/α-hetero) is 1. The number of methoxy groups -OCH3 is 1. The molecule has 0 aliphatic rings. The first-order valence-corrected chi connectivity index (χ1v) is 4.73. The van der Waals surface area contributed by atoms with Gasteiger partial charge in [-0.05, 0) is 12.1 Å². The molecule has 0 atom stereocenters. The maximum Gasteiger partial charge on any atom is 0.217 e. The molecule has 0 fully saturated rings. The molecule has 0 spiro atoms. The summed E-state index contributed by atoms with van der Waals surface area (Å²) in [6, 6.07) is 4.52. The number of benzene rings is 1. The topological polar surface area (TPSA) is 89.6 Å². The summed E-state index contributed by atoms with van der Waals surface area (Å²) >= 11 is 0. The maximum absolute atomic E-state index is 11.7. The molecule has 0 heterocycles. The summed E-state index contributed by atoms with van der Waals surface area (Å²) in [4.78, 5) is 22.3. The lowest BCUT2D eigenvalue weighted by atomic mass is 10.0. The molecule has 0 saturated heterocycles. The third kappa shape index (κ3) is 2.73. The smallest absolute Gasteiger partial charge is 0.217 e. The predicted molar refractivity (Wildman–Crippen MR) is 57.4 cm³/mol. The number of hydrogen-bond donors (Lipinski definition) is 2. The quantitative estimate of drug-likeness (QED) is 0.724. The van der Waals surface area contributed by atoms with Gasteiger partial charge in [0.15, 0.2) is 5.78 Å². The molecule has 0 saturated carbocycles. The van der Waals surface area contributed by atoms with E-state index in [1.54, 1.807) is 12.1 Å². The Morgan fingerprint density at radius 3 is 2.62 bits per heavy atom. The fourth-order valence-corrected chi connectivity index (χ4v) is 1.33. The van der Waals surface area contributed by atoms with Crippen LogP contribution in [0.3, 0.4) is 0 Å². The van der Waals surface area contributed by atoms with Crippen molar-refractivity contribution in [1.82, 2.24) is 0 Å². The second-order valence-corrected chi connectivity index (χ2v) is 3.24. The van der Waals surface area contributed by atoms with Crippen molar-refractivity contribution < 1.29 is 19.4 Å². The van der Waals surface area contributed by atoms with Crippen molar-refractivity contribution in [3.05, 3.63) is 23.8 Å². The van der Waals surface area contributed by atoms with E-state index in [0.29, 0.717) is 0 Å². The van der Waals surface area contributed by atoms with Crippen LogP contribution >= 0.6 is 0 Å². The highest BCUT2D eigenvalue weighted by atomic mass is 16.5. The van der Waals surface area contributed by atoms with Crippen molar-refractivity contribution >= 4 is 11.7 Å². The van der Waals surface area contributed by atoms with E-state index in [1.807, 2.05) is 0 Å². The summed E-state index contributed by atoms with van der Waals surface area (Å²) in [7, 11) is 1.40. The molecule has 0 aliphatic heterocycles. The number of ether oxygens (including phenoxy) is 1. The van der Waals surface area contributed by atoms with Crippen LogP contribution < -0.4 is 10.5 Å². The number of hydrogen-bond acceptors (Lipinski definition) is 4. The highest BCUT2D eigenvalue weighted by Crippen LogP contribution is 2.28. The largest absolute Gasteiger partial charge is 0.507 e. The molecule has 0 unspecified atom stereocenters. The second kappa shape index (κ2) is 5.16. The molecule has 1 aromatic carbocycles. The number of rotatable bonds is 5. The van der Waals surface area contributed by atoms with Crippen molar-refractivity contribution in [2.24, 2.45) is 5.73 Å². The molecule has 1 rings (SSSR count). The predicted octanol–water partition coefficient (Wildman–Crippen LogP) is 0.849. The van der Waals surface area contributed by atoms with Crippen molar-refractivity contribution in [1.29, 1.82) is 0 Å². The van der Waals surface area contributed by atoms with Crippen LogP contribution in [0, 0.1) is 0 Å². The number of phenolic OH excluding ortho intramolecular Hbond substituents is 1. The average molecular weight is 223 g/mol. The summed E-state index contributed by atoms with van der Waals surface area (Å²) in [5, 5.41) is 9.54. The third-order valence-electron chi connectivity index (χ3n) is 2.10. The van der Waals surface area contributed by atoms with E-state index in [-0.39, 0.29) is 35.7 Å². The zero-order chi connectivity index (χ0) is 12.1. The Kier molecular flexibility index (Phi) is 3.88. The minimum Gasteiger partial charge on any atom is -0.507 e. The van der Waals surface area contributed by atoms with Gasteiger partial charge in [-0.25, -0.2) is 0 Å². The van der Waals surface area contributed by atoms with E-state index >= 15 is 0 Å². The fraction of sp³-hybridized carbons (Fsp3) is 0.273. The molecule has 86 valence electrons. The average Bonchev–Trinajstić information content (AvgIpc) is 2.25.